The van der Waals surface area contributed by atoms with E-state index in [-0.39, 0.29) is 0 Å². The van der Waals surface area contributed by atoms with Gasteiger partial charge in [0.1, 0.15) is 0 Å². The van der Waals surface area contributed by atoms with Crippen molar-refractivity contribution in [3.05, 3.63) is 0 Å². The molecule has 2 aliphatic carbocycles. The van der Waals surface area contributed by atoms with Crippen LogP contribution in [0.1, 0.15) is 77.6 Å². The molecular weight excluding hydrogens is 232 g/mol. The molecule has 1 heteroatoms. The number of hydrogen-bond acceptors (Lipinski definition) is 1. The minimum atomic E-state index is 0.862. The molecule has 112 valence electrons. The van der Waals surface area contributed by atoms with Crippen LogP contribution in [0.3, 0.4) is 0 Å². The van der Waals surface area contributed by atoms with E-state index in [0.717, 1.165) is 30.3 Å². The van der Waals surface area contributed by atoms with Crippen molar-refractivity contribution >= 4 is 0 Å². The molecule has 2 rings (SSSR count). The van der Waals surface area contributed by atoms with E-state index >= 15 is 0 Å². The van der Waals surface area contributed by atoms with Crippen LogP contribution in [0, 0.1) is 23.7 Å². The first-order valence-corrected chi connectivity index (χ1v) is 8.80. The van der Waals surface area contributed by atoms with E-state index in [1.54, 1.807) is 0 Å². The van der Waals surface area contributed by atoms with Crippen molar-refractivity contribution in [2.75, 3.05) is 13.7 Å². The standard InChI is InChI=1S/C18H34O/c1-3-15-4-6-16(7-5-15)8-9-17-10-12-18(13-11-17)14-19-2/h15-18H,3-14H2,1-2H3/t15-,16-,17?,18?. The largest absolute Gasteiger partial charge is 0.384 e. The summed E-state index contributed by atoms with van der Waals surface area (Å²) in [6, 6.07) is 0. The second-order valence-electron chi connectivity index (χ2n) is 7.21. The van der Waals surface area contributed by atoms with Gasteiger partial charge in [-0.15, -0.1) is 0 Å². The van der Waals surface area contributed by atoms with Gasteiger partial charge in [-0.25, -0.2) is 0 Å². The fourth-order valence-corrected chi connectivity index (χ4v) is 4.32. The first-order chi connectivity index (χ1) is 9.31. The minimum absolute atomic E-state index is 0.862. The molecule has 0 N–H and O–H groups in total. The molecule has 0 amide bonds. The lowest BCUT2D eigenvalue weighted by Crippen LogP contribution is -2.20. The van der Waals surface area contributed by atoms with Gasteiger partial charge in [-0.2, -0.15) is 0 Å². The number of methoxy groups -OCH3 is 1. The zero-order valence-corrected chi connectivity index (χ0v) is 13.2. The lowest BCUT2D eigenvalue weighted by Gasteiger charge is -2.31. The maximum atomic E-state index is 5.29. The van der Waals surface area contributed by atoms with Crippen molar-refractivity contribution in [2.45, 2.75) is 77.6 Å². The van der Waals surface area contributed by atoms with Gasteiger partial charge in [-0.3, -0.25) is 0 Å². The van der Waals surface area contributed by atoms with Gasteiger partial charge in [0.15, 0.2) is 0 Å². The first-order valence-electron chi connectivity index (χ1n) is 8.80. The van der Waals surface area contributed by atoms with Crippen LogP contribution in [0.15, 0.2) is 0 Å². The molecule has 0 heterocycles. The number of hydrogen-bond donors (Lipinski definition) is 0. The fraction of sp³-hybridized carbons (Fsp3) is 1.00. The molecular formula is C18H34O. The Morgan fingerprint density at radius 3 is 1.53 bits per heavy atom. The third kappa shape index (κ3) is 5.10. The molecule has 0 atom stereocenters. The van der Waals surface area contributed by atoms with Crippen molar-refractivity contribution < 1.29 is 4.74 Å². The normalized spacial score (nSPS) is 36.3. The Morgan fingerprint density at radius 2 is 1.11 bits per heavy atom. The van der Waals surface area contributed by atoms with Crippen LogP contribution < -0.4 is 0 Å². The summed E-state index contributed by atoms with van der Waals surface area (Å²) in [6.45, 7) is 3.36. The molecule has 2 fully saturated rings. The molecule has 0 spiro atoms. The predicted octanol–water partition coefficient (Wildman–Crippen LogP) is 5.44. The van der Waals surface area contributed by atoms with Gasteiger partial charge in [-0.1, -0.05) is 64.7 Å². The van der Waals surface area contributed by atoms with Gasteiger partial charge in [-0.05, 0) is 36.5 Å². The van der Waals surface area contributed by atoms with E-state index in [1.807, 2.05) is 7.11 Å². The van der Waals surface area contributed by atoms with E-state index in [1.165, 1.54) is 70.6 Å². The molecule has 2 saturated carbocycles. The van der Waals surface area contributed by atoms with Crippen LogP contribution in [0.5, 0.6) is 0 Å². The lowest BCUT2D eigenvalue weighted by molar-refractivity contribution is 0.115. The van der Waals surface area contributed by atoms with E-state index in [9.17, 15) is 0 Å². The number of ether oxygens (including phenoxy) is 1. The summed E-state index contributed by atoms with van der Waals surface area (Å²) in [6.07, 6.45) is 16.3. The highest BCUT2D eigenvalue weighted by atomic mass is 16.5. The van der Waals surface area contributed by atoms with Crippen LogP contribution in [0.4, 0.5) is 0 Å². The minimum Gasteiger partial charge on any atom is -0.384 e. The third-order valence-corrected chi connectivity index (χ3v) is 5.90. The van der Waals surface area contributed by atoms with Crippen molar-refractivity contribution in [1.29, 1.82) is 0 Å². The summed E-state index contributed by atoms with van der Waals surface area (Å²) >= 11 is 0. The molecule has 0 bridgehead atoms. The Bertz CT molecular complexity index is 222. The molecule has 19 heavy (non-hydrogen) atoms. The molecule has 0 unspecified atom stereocenters. The molecule has 0 aromatic rings. The van der Waals surface area contributed by atoms with Crippen LogP contribution in [0.25, 0.3) is 0 Å². The van der Waals surface area contributed by atoms with Gasteiger partial charge in [0.05, 0.1) is 0 Å². The predicted molar refractivity (Wildman–Crippen MR) is 82.3 cm³/mol. The Balaban J connectivity index is 1.57. The quantitative estimate of drug-likeness (QED) is 0.622. The van der Waals surface area contributed by atoms with E-state index < -0.39 is 0 Å². The Labute approximate surface area is 120 Å². The zero-order chi connectivity index (χ0) is 13.5. The summed E-state index contributed by atoms with van der Waals surface area (Å²) in [4.78, 5) is 0. The Morgan fingerprint density at radius 1 is 0.684 bits per heavy atom. The monoisotopic (exact) mass is 266 g/mol. The molecule has 0 aliphatic heterocycles. The van der Waals surface area contributed by atoms with Crippen molar-refractivity contribution in [2.24, 2.45) is 23.7 Å². The van der Waals surface area contributed by atoms with Gasteiger partial charge < -0.3 is 4.74 Å². The summed E-state index contributed by atoms with van der Waals surface area (Å²) in [5, 5.41) is 0. The van der Waals surface area contributed by atoms with E-state index in [4.69, 9.17) is 4.74 Å². The second-order valence-corrected chi connectivity index (χ2v) is 7.21. The van der Waals surface area contributed by atoms with Gasteiger partial charge in [0.25, 0.3) is 0 Å². The average Bonchev–Trinajstić information content (AvgIpc) is 2.47. The van der Waals surface area contributed by atoms with Crippen molar-refractivity contribution in [3.8, 4) is 0 Å². The highest BCUT2D eigenvalue weighted by Crippen LogP contribution is 2.37. The maximum absolute atomic E-state index is 5.29. The van der Waals surface area contributed by atoms with Crippen LogP contribution in [-0.2, 0) is 4.74 Å². The SMILES string of the molecule is CC[C@H]1CC[C@H](CCC2CCC(COC)CC2)CC1. The summed E-state index contributed by atoms with van der Waals surface area (Å²) in [7, 11) is 1.85. The fourth-order valence-electron chi connectivity index (χ4n) is 4.32. The van der Waals surface area contributed by atoms with Crippen molar-refractivity contribution in [1.82, 2.24) is 0 Å². The van der Waals surface area contributed by atoms with Crippen molar-refractivity contribution in [3.63, 3.8) is 0 Å². The van der Waals surface area contributed by atoms with Gasteiger partial charge >= 0.3 is 0 Å². The van der Waals surface area contributed by atoms with Crippen LogP contribution in [-0.4, -0.2) is 13.7 Å². The van der Waals surface area contributed by atoms with Gasteiger partial charge in [0, 0.05) is 13.7 Å². The highest BCUT2D eigenvalue weighted by molar-refractivity contribution is 4.76. The Kier molecular flexibility index (Phi) is 6.70. The average molecular weight is 266 g/mol. The number of rotatable bonds is 6. The highest BCUT2D eigenvalue weighted by Gasteiger charge is 2.24. The molecule has 0 aromatic carbocycles. The summed E-state index contributed by atoms with van der Waals surface area (Å²) < 4.78 is 5.29. The summed E-state index contributed by atoms with van der Waals surface area (Å²) in [5.41, 5.74) is 0. The summed E-state index contributed by atoms with van der Waals surface area (Å²) in [5.74, 6) is 4.03. The molecule has 0 saturated heterocycles. The zero-order valence-electron chi connectivity index (χ0n) is 13.2. The molecule has 0 radical (unpaired) electrons. The van der Waals surface area contributed by atoms with E-state index in [0.29, 0.717) is 0 Å². The third-order valence-electron chi connectivity index (χ3n) is 5.90. The van der Waals surface area contributed by atoms with Crippen LogP contribution in [0.2, 0.25) is 0 Å². The van der Waals surface area contributed by atoms with Gasteiger partial charge in [0.2, 0.25) is 0 Å². The lowest BCUT2D eigenvalue weighted by atomic mass is 9.75. The van der Waals surface area contributed by atoms with Crippen LogP contribution >= 0.6 is 0 Å². The smallest absolute Gasteiger partial charge is 0.0490 e. The maximum Gasteiger partial charge on any atom is 0.0490 e. The van der Waals surface area contributed by atoms with E-state index in [2.05, 4.69) is 6.92 Å². The molecule has 0 aromatic heterocycles. The molecule has 2 aliphatic rings. The molecule has 1 nitrogen and oxygen atoms in total. The Hall–Kier alpha value is -0.0400. The second kappa shape index (κ2) is 8.29. The topological polar surface area (TPSA) is 9.23 Å². The first kappa shape index (κ1) is 15.4.